The van der Waals surface area contributed by atoms with Gasteiger partial charge in [0.15, 0.2) is 5.96 Å². The molecule has 25 heavy (non-hydrogen) atoms. The third kappa shape index (κ3) is 6.55. The number of likely N-dealkylation sites (tertiary alicyclic amines) is 1. The van der Waals surface area contributed by atoms with E-state index in [0.717, 1.165) is 50.1 Å². The first-order valence-electron chi connectivity index (χ1n) is 9.15. The Labute approximate surface area is 151 Å². The molecule has 1 unspecified atom stereocenters. The first kappa shape index (κ1) is 19.5. The summed E-state index contributed by atoms with van der Waals surface area (Å²) in [5.74, 6) is 1.73. The first-order chi connectivity index (χ1) is 12.3. The van der Waals surface area contributed by atoms with Gasteiger partial charge in [-0.05, 0) is 44.0 Å². The van der Waals surface area contributed by atoms with Crippen molar-refractivity contribution in [2.24, 2.45) is 4.99 Å². The zero-order valence-corrected chi connectivity index (χ0v) is 15.8. The summed E-state index contributed by atoms with van der Waals surface area (Å²) < 4.78 is 10.5. The molecule has 0 saturated carbocycles. The van der Waals surface area contributed by atoms with Crippen molar-refractivity contribution in [1.29, 1.82) is 0 Å². The van der Waals surface area contributed by atoms with Crippen molar-refractivity contribution in [2.45, 2.75) is 32.4 Å². The number of nitrogens with zero attached hydrogens (tertiary/aromatic N) is 2. The molecule has 0 amide bonds. The molecule has 1 atom stereocenters. The third-order valence-electron chi connectivity index (χ3n) is 4.48. The average Bonchev–Trinajstić information content (AvgIpc) is 3.09. The Hall–Kier alpha value is -1.79. The molecule has 1 aliphatic rings. The van der Waals surface area contributed by atoms with Crippen LogP contribution in [0.15, 0.2) is 29.3 Å². The first-order valence-corrected chi connectivity index (χ1v) is 9.15. The van der Waals surface area contributed by atoms with Gasteiger partial charge in [-0.1, -0.05) is 12.1 Å². The van der Waals surface area contributed by atoms with Crippen LogP contribution in [0, 0.1) is 0 Å². The van der Waals surface area contributed by atoms with Gasteiger partial charge in [0.25, 0.3) is 0 Å². The molecular formula is C19H32N4O2. The lowest BCUT2D eigenvalue weighted by molar-refractivity contribution is 0.141. The molecule has 0 radical (unpaired) electrons. The van der Waals surface area contributed by atoms with Gasteiger partial charge in [-0.15, -0.1) is 0 Å². The van der Waals surface area contributed by atoms with Gasteiger partial charge in [0, 0.05) is 32.8 Å². The minimum Gasteiger partial charge on any atom is -0.497 e. The van der Waals surface area contributed by atoms with E-state index < -0.39 is 0 Å². The molecule has 140 valence electrons. The van der Waals surface area contributed by atoms with E-state index in [-0.39, 0.29) is 0 Å². The smallest absolute Gasteiger partial charge is 0.191 e. The van der Waals surface area contributed by atoms with Gasteiger partial charge in [-0.25, -0.2) is 4.99 Å². The molecule has 0 bridgehead atoms. The highest BCUT2D eigenvalue weighted by Crippen LogP contribution is 2.16. The van der Waals surface area contributed by atoms with Crippen LogP contribution in [0.1, 0.15) is 25.3 Å². The second kappa shape index (κ2) is 10.9. The molecule has 2 rings (SSSR count). The molecule has 1 heterocycles. The van der Waals surface area contributed by atoms with Crippen LogP contribution in [0.4, 0.5) is 0 Å². The Morgan fingerprint density at radius 2 is 2.20 bits per heavy atom. The fourth-order valence-electron chi connectivity index (χ4n) is 3.13. The number of guanidine groups is 1. The van der Waals surface area contributed by atoms with Crippen molar-refractivity contribution >= 4 is 5.96 Å². The highest BCUT2D eigenvalue weighted by atomic mass is 16.5. The lowest BCUT2D eigenvalue weighted by Crippen LogP contribution is -2.45. The van der Waals surface area contributed by atoms with E-state index in [4.69, 9.17) is 14.5 Å². The topological polar surface area (TPSA) is 58.1 Å². The third-order valence-corrected chi connectivity index (χ3v) is 4.48. The Kier molecular flexibility index (Phi) is 8.55. The monoisotopic (exact) mass is 348 g/mol. The molecule has 0 aromatic heterocycles. The molecule has 0 spiro atoms. The normalized spacial score (nSPS) is 18.4. The maximum Gasteiger partial charge on any atom is 0.191 e. The number of hydrogen-bond acceptors (Lipinski definition) is 4. The number of benzene rings is 1. The van der Waals surface area contributed by atoms with E-state index >= 15 is 0 Å². The van der Waals surface area contributed by atoms with Crippen molar-refractivity contribution in [1.82, 2.24) is 15.5 Å². The number of methoxy groups -OCH3 is 2. The Morgan fingerprint density at radius 3 is 2.96 bits per heavy atom. The average molecular weight is 348 g/mol. The SMILES string of the molecule is CCNC(=NCc1cccc(OC)c1)NCC1CCCN1CCOC. The van der Waals surface area contributed by atoms with Crippen molar-refractivity contribution < 1.29 is 9.47 Å². The fourth-order valence-corrected chi connectivity index (χ4v) is 3.13. The van der Waals surface area contributed by atoms with Gasteiger partial charge in [-0.2, -0.15) is 0 Å². The van der Waals surface area contributed by atoms with Gasteiger partial charge in [0.05, 0.1) is 20.3 Å². The van der Waals surface area contributed by atoms with Crippen LogP contribution in [0.3, 0.4) is 0 Å². The van der Waals surface area contributed by atoms with Crippen molar-refractivity contribution in [3.05, 3.63) is 29.8 Å². The lowest BCUT2D eigenvalue weighted by Gasteiger charge is -2.25. The Bertz CT molecular complexity index is 536. The highest BCUT2D eigenvalue weighted by molar-refractivity contribution is 5.79. The molecule has 1 saturated heterocycles. The summed E-state index contributed by atoms with van der Waals surface area (Å²) in [4.78, 5) is 7.21. The number of nitrogens with one attached hydrogen (secondary N) is 2. The lowest BCUT2D eigenvalue weighted by atomic mass is 10.2. The van der Waals surface area contributed by atoms with Crippen molar-refractivity contribution in [2.75, 3.05) is 47.0 Å². The van der Waals surface area contributed by atoms with Crippen molar-refractivity contribution in [3.63, 3.8) is 0 Å². The van der Waals surface area contributed by atoms with Crippen LogP contribution in [-0.4, -0.2) is 63.9 Å². The van der Waals surface area contributed by atoms with Gasteiger partial charge in [-0.3, -0.25) is 4.90 Å². The molecule has 0 aliphatic carbocycles. The summed E-state index contributed by atoms with van der Waals surface area (Å²) in [5, 5.41) is 6.82. The second-order valence-electron chi connectivity index (χ2n) is 6.25. The molecule has 1 aromatic rings. The maximum atomic E-state index is 5.27. The molecular weight excluding hydrogens is 316 g/mol. The second-order valence-corrected chi connectivity index (χ2v) is 6.25. The van der Waals surface area contributed by atoms with Crippen LogP contribution in [0.2, 0.25) is 0 Å². The van der Waals surface area contributed by atoms with E-state index in [1.165, 1.54) is 12.8 Å². The van der Waals surface area contributed by atoms with E-state index in [9.17, 15) is 0 Å². The summed E-state index contributed by atoms with van der Waals surface area (Å²) >= 11 is 0. The maximum absolute atomic E-state index is 5.27. The number of hydrogen-bond donors (Lipinski definition) is 2. The van der Waals surface area contributed by atoms with E-state index in [0.29, 0.717) is 12.6 Å². The largest absolute Gasteiger partial charge is 0.497 e. The van der Waals surface area contributed by atoms with Gasteiger partial charge in [0.1, 0.15) is 5.75 Å². The minimum atomic E-state index is 0.552. The summed E-state index contributed by atoms with van der Waals surface area (Å²) in [6.07, 6.45) is 2.49. The predicted molar refractivity (Wildman–Crippen MR) is 102 cm³/mol. The number of aliphatic imine (C=N–C) groups is 1. The van der Waals surface area contributed by atoms with Gasteiger partial charge in [0.2, 0.25) is 0 Å². The molecule has 6 nitrogen and oxygen atoms in total. The number of rotatable bonds is 9. The fraction of sp³-hybridized carbons (Fsp3) is 0.632. The summed E-state index contributed by atoms with van der Waals surface area (Å²) in [6, 6.07) is 8.59. The minimum absolute atomic E-state index is 0.552. The van der Waals surface area contributed by atoms with E-state index in [2.05, 4.69) is 28.5 Å². The standard InChI is InChI=1S/C19H32N4O2/c1-4-20-19(21-14-16-7-5-9-18(13-16)25-3)22-15-17-8-6-10-23(17)11-12-24-2/h5,7,9,13,17H,4,6,8,10-12,14-15H2,1-3H3,(H2,20,21,22). The van der Waals surface area contributed by atoms with Crippen LogP contribution < -0.4 is 15.4 Å². The van der Waals surface area contributed by atoms with E-state index in [1.54, 1.807) is 14.2 Å². The molecule has 1 aliphatic heterocycles. The molecule has 1 fully saturated rings. The zero-order valence-electron chi connectivity index (χ0n) is 15.8. The van der Waals surface area contributed by atoms with Gasteiger partial charge >= 0.3 is 0 Å². The highest BCUT2D eigenvalue weighted by Gasteiger charge is 2.23. The summed E-state index contributed by atoms with van der Waals surface area (Å²) in [5.41, 5.74) is 1.14. The van der Waals surface area contributed by atoms with Crippen molar-refractivity contribution in [3.8, 4) is 5.75 Å². The molecule has 2 N–H and O–H groups in total. The van der Waals surface area contributed by atoms with Crippen LogP contribution >= 0.6 is 0 Å². The molecule has 6 heteroatoms. The Morgan fingerprint density at radius 1 is 1.32 bits per heavy atom. The number of ether oxygens (including phenoxy) is 2. The predicted octanol–water partition coefficient (Wildman–Crippen LogP) is 1.86. The van der Waals surface area contributed by atoms with Crippen LogP contribution in [0.25, 0.3) is 0 Å². The van der Waals surface area contributed by atoms with Crippen LogP contribution in [-0.2, 0) is 11.3 Å². The molecule has 1 aromatic carbocycles. The summed E-state index contributed by atoms with van der Waals surface area (Å²) in [7, 11) is 3.45. The quantitative estimate of drug-likeness (QED) is 0.527. The van der Waals surface area contributed by atoms with E-state index in [1.807, 2.05) is 18.2 Å². The zero-order chi connectivity index (χ0) is 17.9. The Balaban J connectivity index is 1.88. The van der Waals surface area contributed by atoms with Crippen LogP contribution in [0.5, 0.6) is 5.75 Å². The van der Waals surface area contributed by atoms with Gasteiger partial charge < -0.3 is 20.1 Å². The summed E-state index contributed by atoms with van der Waals surface area (Å²) in [6.45, 7) is 7.43.